The fourth-order valence-electron chi connectivity index (χ4n) is 9.72. The highest BCUT2D eigenvalue weighted by atomic mass is 15.2. The van der Waals surface area contributed by atoms with Crippen LogP contribution in [0.15, 0.2) is 156 Å². The average molecular weight is 724 g/mol. The van der Waals surface area contributed by atoms with Gasteiger partial charge in [-0.25, -0.2) is 0 Å². The third-order valence-corrected chi connectivity index (χ3v) is 13.2. The molecule has 9 rings (SSSR count). The van der Waals surface area contributed by atoms with Crippen molar-refractivity contribution in [2.24, 2.45) is 22.7 Å². The monoisotopic (exact) mass is 723 g/mol. The maximum Gasteiger partial charge on any atom is 0.0559 e. The van der Waals surface area contributed by atoms with Gasteiger partial charge in [-0.1, -0.05) is 170 Å². The zero-order valence-corrected chi connectivity index (χ0v) is 34.4. The molecule has 0 N–H and O–H groups in total. The van der Waals surface area contributed by atoms with E-state index in [2.05, 4.69) is 193 Å². The molecule has 5 unspecified atom stereocenters. The number of benzene rings is 3. The number of fused-ring (bicyclic) bond motifs is 3. The van der Waals surface area contributed by atoms with Crippen LogP contribution in [0.2, 0.25) is 0 Å². The summed E-state index contributed by atoms with van der Waals surface area (Å²) >= 11 is 0. The second-order valence-corrected chi connectivity index (χ2v) is 18.9. The molecule has 0 heterocycles. The fraction of sp³-hybridized carbons (Fsp3) is 0.370. The van der Waals surface area contributed by atoms with Crippen LogP contribution in [0, 0.1) is 22.7 Å². The lowest BCUT2D eigenvalue weighted by atomic mass is 9.72. The first-order valence-electron chi connectivity index (χ1n) is 21.1. The number of nitrogens with zero attached hydrogens (tertiary/aromatic N) is 1. The van der Waals surface area contributed by atoms with Crippen LogP contribution < -0.4 is 0 Å². The molecule has 0 aromatic heterocycles. The van der Waals surface area contributed by atoms with Gasteiger partial charge in [0.25, 0.3) is 0 Å². The van der Waals surface area contributed by atoms with Crippen molar-refractivity contribution in [2.45, 2.75) is 105 Å². The van der Waals surface area contributed by atoms with Crippen LogP contribution in [0.3, 0.4) is 0 Å². The lowest BCUT2D eigenvalue weighted by molar-refractivity contribution is 0.287. The standard InChI is InChI=1S/C54H61N/c1-37(48(39-16-10-8-11-17-39)34-38-22-28-42(29-23-38)53(2,3)4)49-35-50-40-24-26-41(27-25-40)52(36-51(50)47-21-15-14-20-46(47)49)55(44-18-12-9-13-19-44)45-32-30-43(31-33-45)54(5,6)7/h8-18,20-22,24,26,28-30,32-33,35-38,43-44,48H,19,23,25,27,31,34H2,1-7H3. The molecule has 0 spiro atoms. The summed E-state index contributed by atoms with van der Waals surface area (Å²) in [6, 6.07) is 23.5. The van der Waals surface area contributed by atoms with E-state index in [-0.39, 0.29) is 16.9 Å². The van der Waals surface area contributed by atoms with Crippen molar-refractivity contribution in [2.75, 3.05) is 0 Å². The van der Waals surface area contributed by atoms with Crippen LogP contribution >= 0.6 is 0 Å². The Morgan fingerprint density at radius 2 is 1.49 bits per heavy atom. The molecule has 6 aliphatic rings. The first-order chi connectivity index (χ1) is 26.5. The summed E-state index contributed by atoms with van der Waals surface area (Å²) in [6.07, 6.45) is 37.9. The van der Waals surface area contributed by atoms with E-state index in [1.807, 2.05) is 0 Å². The largest absolute Gasteiger partial charge is 0.334 e. The number of hydrogen-bond acceptors (Lipinski definition) is 1. The van der Waals surface area contributed by atoms with E-state index >= 15 is 0 Å². The zero-order chi connectivity index (χ0) is 38.3. The van der Waals surface area contributed by atoms with Gasteiger partial charge in [0.15, 0.2) is 0 Å². The number of allylic oxidation sites excluding steroid dienone is 13. The van der Waals surface area contributed by atoms with Gasteiger partial charge < -0.3 is 4.90 Å². The molecular weight excluding hydrogens is 663 g/mol. The van der Waals surface area contributed by atoms with E-state index in [4.69, 9.17) is 0 Å². The van der Waals surface area contributed by atoms with Gasteiger partial charge in [-0.2, -0.15) is 0 Å². The van der Waals surface area contributed by atoms with Crippen LogP contribution in [-0.2, 0) is 0 Å². The highest BCUT2D eigenvalue weighted by molar-refractivity contribution is 5.99. The summed E-state index contributed by atoms with van der Waals surface area (Å²) in [5.41, 5.74) is 13.2. The van der Waals surface area contributed by atoms with Gasteiger partial charge in [0.2, 0.25) is 0 Å². The molecule has 0 radical (unpaired) electrons. The molecular formula is C54H61N. The normalized spacial score (nSPS) is 23.2. The van der Waals surface area contributed by atoms with E-state index in [0.717, 1.165) is 38.5 Å². The molecule has 3 aromatic rings. The first kappa shape index (κ1) is 37.3. The summed E-state index contributed by atoms with van der Waals surface area (Å²) in [5.74, 6) is 1.81. The maximum atomic E-state index is 2.67. The molecule has 55 heavy (non-hydrogen) atoms. The van der Waals surface area contributed by atoms with E-state index < -0.39 is 0 Å². The lowest BCUT2D eigenvalue weighted by Gasteiger charge is -2.40. The van der Waals surface area contributed by atoms with Gasteiger partial charge in [-0.3, -0.25) is 0 Å². The van der Waals surface area contributed by atoms with Gasteiger partial charge in [-0.05, 0) is 141 Å². The van der Waals surface area contributed by atoms with Crippen molar-refractivity contribution in [1.82, 2.24) is 4.90 Å². The van der Waals surface area contributed by atoms with Crippen molar-refractivity contribution in [1.29, 1.82) is 0 Å². The van der Waals surface area contributed by atoms with E-state index in [1.165, 1.54) is 61.1 Å². The van der Waals surface area contributed by atoms with Crippen molar-refractivity contribution >= 4 is 22.4 Å². The lowest BCUT2D eigenvalue weighted by Crippen LogP contribution is -2.35. The molecule has 0 saturated heterocycles. The van der Waals surface area contributed by atoms with E-state index in [1.54, 1.807) is 0 Å². The van der Waals surface area contributed by atoms with Crippen LogP contribution in [0.25, 0.3) is 22.4 Å². The molecule has 0 saturated carbocycles. The molecule has 0 amide bonds. The summed E-state index contributed by atoms with van der Waals surface area (Å²) < 4.78 is 0. The predicted octanol–water partition coefficient (Wildman–Crippen LogP) is 14.8. The topological polar surface area (TPSA) is 3.24 Å². The van der Waals surface area contributed by atoms with Crippen LogP contribution in [-0.4, -0.2) is 10.9 Å². The Morgan fingerprint density at radius 1 is 0.745 bits per heavy atom. The third-order valence-electron chi connectivity index (χ3n) is 13.2. The van der Waals surface area contributed by atoms with Gasteiger partial charge in [0.1, 0.15) is 0 Å². The van der Waals surface area contributed by atoms with Crippen molar-refractivity contribution in [3.63, 3.8) is 0 Å². The predicted molar refractivity (Wildman–Crippen MR) is 238 cm³/mol. The van der Waals surface area contributed by atoms with Crippen LogP contribution in [0.5, 0.6) is 0 Å². The Balaban J connectivity index is 1.23. The Morgan fingerprint density at radius 3 is 2.13 bits per heavy atom. The van der Waals surface area contributed by atoms with Gasteiger partial charge in [0.05, 0.1) is 6.04 Å². The molecule has 2 bridgehead atoms. The molecule has 1 heteroatoms. The second-order valence-electron chi connectivity index (χ2n) is 18.9. The molecule has 6 aliphatic carbocycles. The van der Waals surface area contributed by atoms with Gasteiger partial charge in [-0.15, -0.1) is 0 Å². The van der Waals surface area contributed by atoms with Crippen LogP contribution in [0.4, 0.5) is 0 Å². The third kappa shape index (κ3) is 7.65. The Labute approximate surface area is 332 Å². The number of hydrogen-bond donors (Lipinski definition) is 0. The summed E-state index contributed by atoms with van der Waals surface area (Å²) in [7, 11) is 0. The quantitative estimate of drug-likeness (QED) is 0.224. The summed E-state index contributed by atoms with van der Waals surface area (Å²) in [5, 5.41) is 2.76. The summed E-state index contributed by atoms with van der Waals surface area (Å²) in [4.78, 5) is 2.67. The molecule has 0 fully saturated rings. The zero-order valence-electron chi connectivity index (χ0n) is 34.4. The minimum atomic E-state index is 0.186. The van der Waals surface area contributed by atoms with Crippen LogP contribution in [0.1, 0.15) is 121 Å². The molecule has 3 aromatic carbocycles. The van der Waals surface area contributed by atoms with Crippen molar-refractivity contribution < 1.29 is 0 Å². The minimum Gasteiger partial charge on any atom is -0.334 e. The minimum absolute atomic E-state index is 0.186. The highest BCUT2D eigenvalue weighted by Gasteiger charge is 2.32. The van der Waals surface area contributed by atoms with Gasteiger partial charge >= 0.3 is 0 Å². The Bertz CT molecular complexity index is 2210. The molecule has 282 valence electrons. The SMILES string of the molecule is CC(c1cc2c(c3ccccc13)C=C(N(C1=CCC(C(C)(C)C)C=C1)C1C=CC=CC1)C1=CC=C2CC1)C(CC1C=CC(C(C)(C)C)=CC1)c1ccccc1. The molecule has 0 aliphatic heterocycles. The maximum absolute atomic E-state index is 2.67. The molecule has 1 nitrogen and oxygen atoms in total. The smallest absolute Gasteiger partial charge is 0.0559 e. The second kappa shape index (κ2) is 15.1. The van der Waals surface area contributed by atoms with Crippen molar-refractivity contribution in [3.05, 3.63) is 178 Å². The van der Waals surface area contributed by atoms with E-state index in [9.17, 15) is 0 Å². The summed E-state index contributed by atoms with van der Waals surface area (Å²) in [6.45, 7) is 16.6. The Hall–Kier alpha value is -4.62. The van der Waals surface area contributed by atoms with E-state index in [0.29, 0.717) is 23.7 Å². The van der Waals surface area contributed by atoms with Gasteiger partial charge in [0, 0.05) is 11.4 Å². The Kier molecular flexibility index (Phi) is 10.3. The first-order valence-corrected chi connectivity index (χ1v) is 21.1. The fourth-order valence-corrected chi connectivity index (χ4v) is 9.72. The van der Waals surface area contributed by atoms with Crippen molar-refractivity contribution in [3.8, 4) is 0 Å². The molecule has 5 atom stereocenters. The number of rotatable bonds is 8. The average Bonchev–Trinajstić information content (AvgIpc) is 3.19. The highest BCUT2D eigenvalue weighted by Crippen LogP contribution is 2.48.